The Morgan fingerprint density at radius 1 is 1.32 bits per heavy atom. The lowest BCUT2D eigenvalue weighted by Crippen LogP contribution is -2.12. The van der Waals surface area contributed by atoms with E-state index in [0.717, 1.165) is 5.69 Å². The van der Waals surface area contributed by atoms with Crippen molar-refractivity contribution in [1.82, 2.24) is 4.98 Å². The summed E-state index contributed by atoms with van der Waals surface area (Å²) in [5, 5.41) is 2.78. The van der Waals surface area contributed by atoms with Crippen molar-refractivity contribution in [2.45, 2.75) is 6.92 Å². The number of aromatic nitrogens is 1. The van der Waals surface area contributed by atoms with Crippen LogP contribution in [0, 0.1) is 6.92 Å². The van der Waals surface area contributed by atoms with Crippen LogP contribution in [0.25, 0.3) is 0 Å². The first kappa shape index (κ1) is 12.9. The maximum Gasteiger partial charge on any atom is 0.255 e. The molecule has 1 aromatic heterocycles. The quantitative estimate of drug-likeness (QED) is 0.827. The van der Waals surface area contributed by atoms with Crippen LogP contribution in [0.3, 0.4) is 0 Å². The van der Waals surface area contributed by atoms with Gasteiger partial charge in [-0.15, -0.1) is 0 Å². The van der Waals surface area contributed by atoms with Crippen molar-refractivity contribution in [3.8, 4) is 5.75 Å². The standard InChI is InChI=1S/C14H15N3O2/c1-9-7-10(5-6-16-9)14(18)17-11-3-4-13(19-2)12(15)8-11/h3-8H,15H2,1-2H3,(H,17,18). The van der Waals surface area contributed by atoms with E-state index in [4.69, 9.17) is 10.5 Å². The molecule has 2 rings (SSSR count). The monoisotopic (exact) mass is 257 g/mol. The SMILES string of the molecule is COc1ccc(NC(=O)c2ccnc(C)c2)cc1N. The van der Waals surface area contributed by atoms with Gasteiger partial charge in [0.05, 0.1) is 12.8 Å². The van der Waals surface area contributed by atoms with Crippen LogP contribution in [-0.2, 0) is 0 Å². The molecule has 1 heterocycles. The fraction of sp³-hybridized carbons (Fsp3) is 0.143. The lowest BCUT2D eigenvalue weighted by Gasteiger charge is -2.09. The van der Waals surface area contributed by atoms with Gasteiger partial charge in [0.2, 0.25) is 0 Å². The van der Waals surface area contributed by atoms with E-state index in [9.17, 15) is 4.79 Å². The number of benzene rings is 1. The number of nitrogens with two attached hydrogens (primary N) is 1. The molecule has 0 saturated heterocycles. The lowest BCUT2D eigenvalue weighted by atomic mass is 10.2. The van der Waals surface area contributed by atoms with E-state index in [1.165, 1.54) is 0 Å². The summed E-state index contributed by atoms with van der Waals surface area (Å²) in [4.78, 5) is 16.1. The van der Waals surface area contributed by atoms with E-state index in [2.05, 4.69) is 10.3 Å². The topological polar surface area (TPSA) is 77.2 Å². The summed E-state index contributed by atoms with van der Waals surface area (Å²) in [7, 11) is 1.55. The first-order valence-electron chi connectivity index (χ1n) is 5.77. The number of ether oxygens (including phenoxy) is 1. The van der Waals surface area contributed by atoms with Gasteiger partial charge in [0.15, 0.2) is 0 Å². The lowest BCUT2D eigenvalue weighted by molar-refractivity contribution is 0.102. The van der Waals surface area contributed by atoms with Gasteiger partial charge in [-0.2, -0.15) is 0 Å². The summed E-state index contributed by atoms with van der Waals surface area (Å²) in [6.07, 6.45) is 1.60. The molecule has 0 aliphatic heterocycles. The fourth-order valence-corrected chi connectivity index (χ4v) is 1.70. The minimum absolute atomic E-state index is 0.199. The molecule has 0 fully saturated rings. The molecule has 19 heavy (non-hydrogen) atoms. The van der Waals surface area contributed by atoms with Gasteiger partial charge in [0.25, 0.3) is 5.91 Å². The molecule has 3 N–H and O–H groups in total. The van der Waals surface area contributed by atoms with E-state index < -0.39 is 0 Å². The van der Waals surface area contributed by atoms with Gasteiger partial charge in [0.1, 0.15) is 5.75 Å². The van der Waals surface area contributed by atoms with E-state index in [0.29, 0.717) is 22.7 Å². The molecule has 0 saturated carbocycles. The molecule has 0 aliphatic rings. The highest BCUT2D eigenvalue weighted by Crippen LogP contribution is 2.24. The van der Waals surface area contributed by atoms with Gasteiger partial charge in [-0.05, 0) is 37.3 Å². The maximum absolute atomic E-state index is 12.0. The summed E-state index contributed by atoms with van der Waals surface area (Å²) >= 11 is 0. The molecule has 98 valence electrons. The van der Waals surface area contributed by atoms with Gasteiger partial charge in [-0.3, -0.25) is 9.78 Å². The maximum atomic E-state index is 12.0. The Labute approximate surface area is 111 Å². The van der Waals surface area contributed by atoms with Crippen molar-refractivity contribution < 1.29 is 9.53 Å². The summed E-state index contributed by atoms with van der Waals surface area (Å²) in [5.74, 6) is 0.382. The normalized spacial score (nSPS) is 10.0. The number of pyridine rings is 1. The van der Waals surface area contributed by atoms with Gasteiger partial charge in [-0.25, -0.2) is 0 Å². The molecular formula is C14H15N3O2. The zero-order valence-corrected chi connectivity index (χ0v) is 10.8. The molecule has 0 atom stereocenters. The number of rotatable bonds is 3. The van der Waals surface area contributed by atoms with Crippen molar-refractivity contribution in [3.05, 3.63) is 47.8 Å². The van der Waals surface area contributed by atoms with Crippen LogP contribution in [0.2, 0.25) is 0 Å². The van der Waals surface area contributed by atoms with Crippen LogP contribution >= 0.6 is 0 Å². The molecule has 1 amide bonds. The van der Waals surface area contributed by atoms with Crippen molar-refractivity contribution in [3.63, 3.8) is 0 Å². The number of nitrogens with zero attached hydrogens (tertiary/aromatic N) is 1. The van der Waals surface area contributed by atoms with Gasteiger partial charge >= 0.3 is 0 Å². The number of hydrogen-bond donors (Lipinski definition) is 2. The third kappa shape index (κ3) is 3.01. The zero-order chi connectivity index (χ0) is 13.8. The van der Waals surface area contributed by atoms with Crippen LogP contribution in [-0.4, -0.2) is 18.0 Å². The van der Waals surface area contributed by atoms with E-state index in [-0.39, 0.29) is 5.91 Å². The van der Waals surface area contributed by atoms with Crippen LogP contribution < -0.4 is 15.8 Å². The number of anilines is 2. The molecule has 5 heteroatoms. The van der Waals surface area contributed by atoms with Gasteiger partial charge < -0.3 is 15.8 Å². The van der Waals surface area contributed by atoms with Gasteiger partial charge in [-0.1, -0.05) is 0 Å². The first-order chi connectivity index (χ1) is 9.10. The van der Waals surface area contributed by atoms with Crippen molar-refractivity contribution in [2.24, 2.45) is 0 Å². The van der Waals surface area contributed by atoms with E-state index in [1.54, 1.807) is 43.6 Å². The Hall–Kier alpha value is -2.56. The molecule has 0 unspecified atom stereocenters. The highest BCUT2D eigenvalue weighted by Gasteiger charge is 2.07. The van der Waals surface area contributed by atoms with Crippen LogP contribution in [0.15, 0.2) is 36.5 Å². The summed E-state index contributed by atoms with van der Waals surface area (Å²) in [6, 6.07) is 8.49. The number of nitrogen functional groups attached to an aromatic ring is 1. The molecule has 0 radical (unpaired) electrons. The second-order valence-corrected chi connectivity index (χ2v) is 4.10. The first-order valence-corrected chi connectivity index (χ1v) is 5.77. The predicted octanol–water partition coefficient (Wildman–Crippen LogP) is 2.23. The summed E-state index contributed by atoms with van der Waals surface area (Å²) < 4.78 is 5.06. The molecule has 0 spiro atoms. The number of hydrogen-bond acceptors (Lipinski definition) is 4. The molecule has 1 aromatic carbocycles. The third-order valence-corrected chi connectivity index (χ3v) is 2.65. The largest absolute Gasteiger partial charge is 0.495 e. The Bertz CT molecular complexity index is 611. The third-order valence-electron chi connectivity index (χ3n) is 2.65. The summed E-state index contributed by atoms with van der Waals surface area (Å²) in [6.45, 7) is 1.84. The number of aryl methyl sites for hydroxylation is 1. The minimum atomic E-state index is -0.199. The molecule has 0 aliphatic carbocycles. The van der Waals surface area contributed by atoms with Crippen LogP contribution in [0.4, 0.5) is 11.4 Å². The Balaban J connectivity index is 2.17. The molecule has 5 nitrogen and oxygen atoms in total. The smallest absolute Gasteiger partial charge is 0.255 e. The number of nitrogens with one attached hydrogen (secondary N) is 1. The Morgan fingerprint density at radius 3 is 2.74 bits per heavy atom. The molecule has 0 bridgehead atoms. The average molecular weight is 257 g/mol. The second kappa shape index (κ2) is 5.39. The van der Waals surface area contributed by atoms with E-state index >= 15 is 0 Å². The van der Waals surface area contributed by atoms with Crippen LogP contribution in [0.5, 0.6) is 5.75 Å². The molecular weight excluding hydrogens is 242 g/mol. The number of methoxy groups -OCH3 is 1. The Morgan fingerprint density at radius 2 is 2.11 bits per heavy atom. The minimum Gasteiger partial charge on any atom is -0.495 e. The summed E-state index contributed by atoms with van der Waals surface area (Å²) in [5.41, 5.74) is 8.24. The average Bonchev–Trinajstić information content (AvgIpc) is 2.39. The zero-order valence-electron chi connectivity index (χ0n) is 10.8. The van der Waals surface area contributed by atoms with Crippen molar-refractivity contribution in [1.29, 1.82) is 0 Å². The predicted molar refractivity (Wildman–Crippen MR) is 74.3 cm³/mol. The number of amides is 1. The molecule has 2 aromatic rings. The van der Waals surface area contributed by atoms with E-state index in [1.807, 2.05) is 6.92 Å². The van der Waals surface area contributed by atoms with Crippen molar-refractivity contribution >= 4 is 17.3 Å². The highest BCUT2D eigenvalue weighted by atomic mass is 16.5. The van der Waals surface area contributed by atoms with Crippen LogP contribution in [0.1, 0.15) is 16.1 Å². The highest BCUT2D eigenvalue weighted by molar-refractivity contribution is 6.04. The number of carbonyl (C=O) groups is 1. The Kier molecular flexibility index (Phi) is 3.66. The second-order valence-electron chi connectivity index (χ2n) is 4.10. The fourth-order valence-electron chi connectivity index (χ4n) is 1.70. The van der Waals surface area contributed by atoms with Crippen molar-refractivity contribution in [2.75, 3.05) is 18.2 Å². The van der Waals surface area contributed by atoms with Gasteiger partial charge in [0, 0.05) is 23.1 Å². The number of carbonyl (C=O) groups excluding carboxylic acids is 1.